The number of carboxylic acids is 1. The number of halogens is 1. The van der Waals surface area contributed by atoms with Gasteiger partial charge in [0.15, 0.2) is 0 Å². The van der Waals surface area contributed by atoms with Gasteiger partial charge in [-0.3, -0.25) is 4.79 Å². The molecule has 0 bridgehead atoms. The van der Waals surface area contributed by atoms with Gasteiger partial charge in [0.1, 0.15) is 4.21 Å². The van der Waals surface area contributed by atoms with E-state index in [1.165, 1.54) is 6.07 Å². The standard InChI is InChI=1S/C10H14BrNO4S2/c1-7(3-2-4-9(13)14)12-18(15,16)10-6-5-8(11)17-10/h5-7,12H,2-4H2,1H3,(H,13,14). The van der Waals surface area contributed by atoms with E-state index in [2.05, 4.69) is 20.7 Å². The van der Waals surface area contributed by atoms with Crippen molar-refractivity contribution in [2.45, 2.75) is 36.4 Å². The molecule has 0 amide bonds. The minimum absolute atomic E-state index is 0.0522. The van der Waals surface area contributed by atoms with Crippen molar-refractivity contribution in [3.8, 4) is 0 Å². The van der Waals surface area contributed by atoms with Crippen molar-refractivity contribution < 1.29 is 18.3 Å². The fraction of sp³-hybridized carbons (Fsp3) is 0.500. The Labute approximate surface area is 118 Å². The highest BCUT2D eigenvalue weighted by molar-refractivity contribution is 9.11. The van der Waals surface area contributed by atoms with Crippen LogP contribution in [0.5, 0.6) is 0 Å². The zero-order valence-corrected chi connectivity index (χ0v) is 12.9. The number of aliphatic carboxylic acids is 1. The molecule has 102 valence electrons. The first-order valence-corrected chi connectivity index (χ1v) is 8.40. The van der Waals surface area contributed by atoms with Crippen LogP contribution in [-0.2, 0) is 14.8 Å². The predicted octanol–water partition coefficient (Wildman–Crippen LogP) is 2.43. The van der Waals surface area contributed by atoms with E-state index in [0.717, 1.165) is 15.1 Å². The molecular formula is C10H14BrNO4S2. The van der Waals surface area contributed by atoms with Gasteiger partial charge in [-0.25, -0.2) is 13.1 Å². The summed E-state index contributed by atoms with van der Waals surface area (Å²) in [6.45, 7) is 1.72. The fourth-order valence-corrected chi connectivity index (χ4v) is 4.69. The van der Waals surface area contributed by atoms with Gasteiger partial charge in [0.05, 0.1) is 3.79 Å². The summed E-state index contributed by atoms with van der Waals surface area (Å²) in [4.78, 5) is 10.3. The summed E-state index contributed by atoms with van der Waals surface area (Å²) in [5, 5.41) is 8.50. The zero-order chi connectivity index (χ0) is 13.8. The maximum atomic E-state index is 11.9. The van der Waals surface area contributed by atoms with Crippen LogP contribution in [0.1, 0.15) is 26.2 Å². The summed E-state index contributed by atoms with van der Waals surface area (Å²) in [7, 11) is -3.50. The Morgan fingerprint density at radius 3 is 2.72 bits per heavy atom. The summed E-state index contributed by atoms with van der Waals surface area (Å²) >= 11 is 4.35. The van der Waals surface area contributed by atoms with Gasteiger partial charge in [-0.05, 0) is 47.8 Å². The molecule has 1 atom stereocenters. The number of thiophene rings is 1. The minimum atomic E-state index is -3.50. The summed E-state index contributed by atoms with van der Waals surface area (Å²) in [6, 6.07) is 2.92. The molecule has 5 nitrogen and oxygen atoms in total. The van der Waals surface area contributed by atoms with Gasteiger partial charge in [0, 0.05) is 12.5 Å². The Kier molecular flexibility index (Phi) is 5.77. The lowest BCUT2D eigenvalue weighted by molar-refractivity contribution is -0.137. The van der Waals surface area contributed by atoms with Crippen molar-refractivity contribution in [2.24, 2.45) is 0 Å². The van der Waals surface area contributed by atoms with Crippen molar-refractivity contribution in [3.05, 3.63) is 15.9 Å². The lowest BCUT2D eigenvalue weighted by atomic mass is 10.1. The number of carboxylic acid groups (broad SMARTS) is 1. The Morgan fingerprint density at radius 2 is 2.22 bits per heavy atom. The van der Waals surface area contributed by atoms with Crippen LogP contribution in [0.2, 0.25) is 0 Å². The van der Waals surface area contributed by atoms with Crippen LogP contribution in [-0.4, -0.2) is 25.5 Å². The van der Waals surface area contributed by atoms with Gasteiger partial charge in [-0.15, -0.1) is 11.3 Å². The lowest BCUT2D eigenvalue weighted by Crippen LogP contribution is -2.32. The number of hydrogen-bond donors (Lipinski definition) is 2. The van der Waals surface area contributed by atoms with Gasteiger partial charge in [0.25, 0.3) is 0 Å². The molecule has 1 heterocycles. The van der Waals surface area contributed by atoms with Crippen LogP contribution in [0.4, 0.5) is 0 Å². The first-order valence-electron chi connectivity index (χ1n) is 5.31. The van der Waals surface area contributed by atoms with Crippen LogP contribution in [0.15, 0.2) is 20.1 Å². The average molecular weight is 356 g/mol. The molecule has 1 unspecified atom stereocenters. The summed E-state index contributed by atoms with van der Waals surface area (Å²) in [6.07, 6.45) is 1.00. The second kappa shape index (κ2) is 6.65. The van der Waals surface area contributed by atoms with E-state index in [1.54, 1.807) is 13.0 Å². The maximum absolute atomic E-state index is 11.9. The van der Waals surface area contributed by atoms with Crippen molar-refractivity contribution in [3.63, 3.8) is 0 Å². The van der Waals surface area contributed by atoms with Gasteiger partial charge in [-0.2, -0.15) is 0 Å². The van der Waals surface area contributed by atoms with Gasteiger partial charge in [0.2, 0.25) is 10.0 Å². The largest absolute Gasteiger partial charge is 0.481 e. The molecule has 2 N–H and O–H groups in total. The smallest absolute Gasteiger partial charge is 0.303 e. The van der Waals surface area contributed by atoms with Crippen LogP contribution in [0, 0.1) is 0 Å². The van der Waals surface area contributed by atoms with Gasteiger partial charge >= 0.3 is 5.97 Å². The summed E-state index contributed by atoms with van der Waals surface area (Å²) in [5.74, 6) is -0.868. The van der Waals surface area contributed by atoms with Gasteiger partial charge < -0.3 is 5.11 Å². The van der Waals surface area contributed by atoms with Crippen molar-refractivity contribution >= 4 is 43.3 Å². The van der Waals surface area contributed by atoms with E-state index >= 15 is 0 Å². The van der Waals surface area contributed by atoms with Crippen molar-refractivity contribution in [1.82, 2.24) is 4.72 Å². The molecular weight excluding hydrogens is 342 g/mol. The number of carbonyl (C=O) groups is 1. The van der Waals surface area contributed by atoms with E-state index < -0.39 is 16.0 Å². The molecule has 0 saturated heterocycles. The molecule has 0 spiro atoms. The average Bonchev–Trinajstić information content (AvgIpc) is 2.64. The molecule has 1 aromatic rings. The predicted molar refractivity (Wildman–Crippen MR) is 73.3 cm³/mol. The van der Waals surface area contributed by atoms with E-state index in [-0.39, 0.29) is 16.7 Å². The van der Waals surface area contributed by atoms with E-state index in [9.17, 15) is 13.2 Å². The van der Waals surface area contributed by atoms with Crippen LogP contribution >= 0.6 is 27.3 Å². The van der Waals surface area contributed by atoms with E-state index in [0.29, 0.717) is 12.8 Å². The van der Waals surface area contributed by atoms with Crippen LogP contribution < -0.4 is 4.72 Å². The molecule has 0 radical (unpaired) electrons. The molecule has 0 fully saturated rings. The van der Waals surface area contributed by atoms with Crippen LogP contribution in [0.25, 0.3) is 0 Å². The minimum Gasteiger partial charge on any atom is -0.481 e. The van der Waals surface area contributed by atoms with Crippen molar-refractivity contribution in [1.29, 1.82) is 0 Å². The van der Waals surface area contributed by atoms with E-state index in [1.807, 2.05) is 0 Å². The molecule has 1 rings (SSSR count). The van der Waals surface area contributed by atoms with E-state index in [4.69, 9.17) is 5.11 Å². The molecule has 0 saturated carbocycles. The Bertz CT molecular complexity index is 512. The number of sulfonamides is 1. The first kappa shape index (κ1) is 15.6. The molecule has 0 aliphatic rings. The zero-order valence-electron chi connectivity index (χ0n) is 9.72. The fourth-order valence-electron chi connectivity index (χ4n) is 1.38. The first-order chi connectivity index (χ1) is 8.31. The Morgan fingerprint density at radius 1 is 1.56 bits per heavy atom. The molecule has 0 aliphatic carbocycles. The second-order valence-electron chi connectivity index (χ2n) is 3.87. The number of rotatable bonds is 7. The molecule has 0 aromatic carbocycles. The normalized spacial score (nSPS) is 13.4. The molecule has 8 heteroatoms. The second-order valence-corrected chi connectivity index (χ2v) is 8.27. The van der Waals surface area contributed by atoms with Crippen LogP contribution in [0.3, 0.4) is 0 Å². The highest BCUT2D eigenvalue weighted by Gasteiger charge is 2.19. The highest BCUT2D eigenvalue weighted by Crippen LogP contribution is 2.26. The summed E-state index contributed by atoms with van der Waals surface area (Å²) in [5.41, 5.74) is 0. The quantitative estimate of drug-likeness (QED) is 0.786. The maximum Gasteiger partial charge on any atom is 0.303 e. The number of nitrogens with one attached hydrogen (secondary N) is 1. The lowest BCUT2D eigenvalue weighted by Gasteiger charge is -2.12. The molecule has 1 aromatic heterocycles. The monoisotopic (exact) mass is 355 g/mol. The molecule has 18 heavy (non-hydrogen) atoms. The topological polar surface area (TPSA) is 83.5 Å². The highest BCUT2D eigenvalue weighted by atomic mass is 79.9. The Hall–Kier alpha value is -0.440. The third kappa shape index (κ3) is 5.05. The Balaban J connectivity index is 2.53. The third-order valence-electron chi connectivity index (χ3n) is 2.20. The SMILES string of the molecule is CC(CCCC(=O)O)NS(=O)(=O)c1ccc(Br)s1. The summed E-state index contributed by atoms with van der Waals surface area (Å²) < 4.78 is 27.4. The molecule has 0 aliphatic heterocycles. The third-order valence-corrected chi connectivity index (χ3v) is 5.90. The number of hydrogen-bond acceptors (Lipinski definition) is 4. The van der Waals surface area contributed by atoms with Gasteiger partial charge in [-0.1, -0.05) is 0 Å². The van der Waals surface area contributed by atoms with Crippen molar-refractivity contribution in [2.75, 3.05) is 0 Å².